The molecule has 0 aromatic carbocycles. The van der Waals surface area contributed by atoms with Gasteiger partial charge >= 0.3 is 0 Å². The molecule has 96 valence electrons. The second kappa shape index (κ2) is 6.87. The lowest BCUT2D eigenvalue weighted by molar-refractivity contribution is -0.120. The number of carbonyl (C=O) groups excluding carboxylic acids is 1. The summed E-state index contributed by atoms with van der Waals surface area (Å²) in [5.41, 5.74) is 0. The zero-order valence-corrected chi connectivity index (χ0v) is 11.3. The molecule has 1 heterocycles. The molecule has 18 heavy (non-hydrogen) atoms. The van der Waals surface area contributed by atoms with Gasteiger partial charge in [0.05, 0.1) is 11.8 Å². The minimum Gasteiger partial charge on any atom is -0.344 e. The van der Waals surface area contributed by atoms with Crippen molar-refractivity contribution in [2.24, 2.45) is 0 Å². The summed E-state index contributed by atoms with van der Waals surface area (Å²) in [5.74, 6) is 3.06. The number of thioether (sulfide) groups is 1. The number of nitrogens with one attached hydrogen (secondary N) is 1. The molecule has 1 rings (SSSR count). The molecule has 0 aliphatic heterocycles. The summed E-state index contributed by atoms with van der Waals surface area (Å²) in [7, 11) is 0. The summed E-state index contributed by atoms with van der Waals surface area (Å²) >= 11 is 1.35. The fourth-order valence-corrected chi connectivity index (χ4v) is 2.21. The van der Waals surface area contributed by atoms with Crippen molar-refractivity contribution in [2.45, 2.75) is 30.8 Å². The van der Waals surface area contributed by atoms with Gasteiger partial charge < -0.3 is 9.88 Å². The van der Waals surface area contributed by atoms with Crippen molar-refractivity contribution in [3.63, 3.8) is 0 Å². The van der Waals surface area contributed by atoms with Crippen molar-refractivity contribution in [1.29, 1.82) is 0 Å². The summed E-state index contributed by atoms with van der Waals surface area (Å²) in [6.07, 6.45) is 6.85. The number of allylic oxidation sites excluding steroid dienone is 1. The maximum absolute atomic E-state index is 11.7. The van der Waals surface area contributed by atoms with Crippen molar-refractivity contribution in [3.05, 3.63) is 18.5 Å². The molecular weight excluding hydrogens is 248 g/mol. The van der Waals surface area contributed by atoms with E-state index in [0.717, 1.165) is 5.82 Å². The van der Waals surface area contributed by atoms with Crippen LogP contribution in [0.2, 0.25) is 0 Å². The molecule has 1 atom stereocenters. The summed E-state index contributed by atoms with van der Waals surface area (Å²) in [6.45, 7) is 8.22. The first-order valence-corrected chi connectivity index (χ1v) is 6.36. The maximum atomic E-state index is 11.7. The molecule has 0 saturated carbocycles. The normalized spacial score (nSPS) is 11.6. The van der Waals surface area contributed by atoms with Gasteiger partial charge in [-0.1, -0.05) is 23.8 Å². The van der Waals surface area contributed by atoms with Gasteiger partial charge in [0.2, 0.25) is 5.91 Å². The second-order valence-electron chi connectivity index (χ2n) is 3.61. The van der Waals surface area contributed by atoms with Crippen molar-refractivity contribution >= 4 is 17.7 Å². The number of aromatic nitrogens is 3. The Balaban J connectivity index is 2.69. The van der Waals surface area contributed by atoms with Gasteiger partial charge in [-0.15, -0.1) is 23.2 Å². The van der Waals surface area contributed by atoms with E-state index >= 15 is 0 Å². The Kier molecular flexibility index (Phi) is 5.46. The minimum atomic E-state index is -0.273. The van der Waals surface area contributed by atoms with E-state index in [1.54, 1.807) is 13.0 Å². The van der Waals surface area contributed by atoms with E-state index < -0.39 is 0 Å². The zero-order chi connectivity index (χ0) is 13.5. The van der Waals surface area contributed by atoms with Crippen LogP contribution in [-0.4, -0.2) is 32.5 Å². The Labute approximate surface area is 111 Å². The molecule has 1 amide bonds. The van der Waals surface area contributed by atoms with E-state index in [0.29, 0.717) is 11.7 Å². The molecule has 1 aromatic rings. The second-order valence-corrected chi connectivity index (χ2v) is 4.92. The number of carbonyl (C=O) groups is 1. The molecule has 0 bridgehead atoms. The van der Waals surface area contributed by atoms with E-state index in [9.17, 15) is 4.79 Å². The van der Waals surface area contributed by atoms with Crippen molar-refractivity contribution < 1.29 is 4.79 Å². The van der Waals surface area contributed by atoms with Gasteiger partial charge in [0, 0.05) is 6.54 Å². The molecule has 6 heteroatoms. The van der Waals surface area contributed by atoms with E-state index in [2.05, 4.69) is 28.0 Å². The van der Waals surface area contributed by atoms with Gasteiger partial charge in [-0.3, -0.25) is 4.79 Å². The first kappa shape index (κ1) is 14.3. The standard InChI is InChI=1S/C12H16N4OS/c1-5-7-13-11(17)9(3)18-12-15-14-10(4)16(12)8-6-2/h1,6,9H,2,7-8H2,3-4H3,(H,13,17). The number of aryl methyl sites for hydroxylation is 1. The third-order valence-electron chi connectivity index (χ3n) is 2.23. The highest BCUT2D eigenvalue weighted by molar-refractivity contribution is 8.00. The summed E-state index contributed by atoms with van der Waals surface area (Å²) in [6, 6.07) is 0. The summed E-state index contributed by atoms with van der Waals surface area (Å²) < 4.78 is 1.91. The largest absolute Gasteiger partial charge is 0.344 e. The van der Waals surface area contributed by atoms with E-state index in [1.165, 1.54) is 11.8 Å². The lowest BCUT2D eigenvalue weighted by Crippen LogP contribution is -2.31. The third kappa shape index (κ3) is 3.64. The van der Waals surface area contributed by atoms with Crippen LogP contribution in [0.5, 0.6) is 0 Å². The average Bonchev–Trinajstić information content (AvgIpc) is 2.69. The molecule has 0 radical (unpaired) electrons. The van der Waals surface area contributed by atoms with Crippen LogP contribution in [0.1, 0.15) is 12.7 Å². The monoisotopic (exact) mass is 264 g/mol. The van der Waals surface area contributed by atoms with Crippen LogP contribution in [0.3, 0.4) is 0 Å². The van der Waals surface area contributed by atoms with Crippen LogP contribution in [0, 0.1) is 19.3 Å². The van der Waals surface area contributed by atoms with Crippen molar-refractivity contribution in [2.75, 3.05) is 6.54 Å². The van der Waals surface area contributed by atoms with Gasteiger partial charge in [0.15, 0.2) is 5.16 Å². The number of hydrogen-bond donors (Lipinski definition) is 1. The van der Waals surface area contributed by atoms with Gasteiger partial charge in [-0.25, -0.2) is 0 Å². The molecule has 5 nitrogen and oxygen atoms in total. The van der Waals surface area contributed by atoms with Crippen LogP contribution < -0.4 is 5.32 Å². The molecule has 1 N–H and O–H groups in total. The first-order chi connectivity index (χ1) is 8.60. The van der Waals surface area contributed by atoms with Gasteiger partial charge in [0.25, 0.3) is 0 Å². The number of nitrogens with zero attached hydrogens (tertiary/aromatic N) is 3. The molecule has 0 saturated heterocycles. The topological polar surface area (TPSA) is 59.8 Å². The molecule has 0 aliphatic rings. The molecule has 1 aromatic heterocycles. The summed E-state index contributed by atoms with van der Waals surface area (Å²) in [5, 5.41) is 11.1. The lowest BCUT2D eigenvalue weighted by atomic mass is 10.4. The molecule has 0 aliphatic carbocycles. The fourth-order valence-electron chi connectivity index (χ4n) is 1.28. The average molecular weight is 264 g/mol. The Bertz CT molecular complexity index is 475. The van der Waals surface area contributed by atoms with Crippen LogP contribution in [0.25, 0.3) is 0 Å². The summed E-state index contributed by atoms with van der Waals surface area (Å²) in [4.78, 5) is 11.7. The third-order valence-corrected chi connectivity index (χ3v) is 3.31. The van der Waals surface area contributed by atoms with Gasteiger partial charge in [-0.05, 0) is 13.8 Å². The molecule has 0 fully saturated rings. The number of terminal acetylenes is 1. The predicted octanol–water partition coefficient (Wildman–Crippen LogP) is 1.00. The lowest BCUT2D eigenvalue weighted by Gasteiger charge is -2.10. The predicted molar refractivity (Wildman–Crippen MR) is 72.1 cm³/mol. The highest BCUT2D eigenvalue weighted by Gasteiger charge is 2.18. The maximum Gasteiger partial charge on any atom is 0.234 e. The molecular formula is C12H16N4OS. The number of amides is 1. The van der Waals surface area contributed by atoms with Crippen molar-refractivity contribution in [3.8, 4) is 12.3 Å². The number of rotatable bonds is 6. The van der Waals surface area contributed by atoms with Crippen LogP contribution in [-0.2, 0) is 11.3 Å². The highest BCUT2D eigenvalue weighted by Crippen LogP contribution is 2.22. The van der Waals surface area contributed by atoms with Crippen LogP contribution >= 0.6 is 11.8 Å². The first-order valence-electron chi connectivity index (χ1n) is 5.48. The van der Waals surface area contributed by atoms with Crippen molar-refractivity contribution in [1.82, 2.24) is 20.1 Å². The smallest absolute Gasteiger partial charge is 0.234 e. The van der Waals surface area contributed by atoms with Gasteiger partial charge in [0.1, 0.15) is 5.82 Å². The van der Waals surface area contributed by atoms with E-state index in [-0.39, 0.29) is 17.7 Å². The highest BCUT2D eigenvalue weighted by atomic mass is 32.2. The van der Waals surface area contributed by atoms with E-state index in [1.807, 2.05) is 11.5 Å². The molecule has 0 spiro atoms. The Morgan fingerprint density at radius 3 is 3.06 bits per heavy atom. The Hall–Kier alpha value is -1.74. The van der Waals surface area contributed by atoms with Crippen LogP contribution in [0.15, 0.2) is 17.8 Å². The van der Waals surface area contributed by atoms with Crippen LogP contribution in [0.4, 0.5) is 0 Å². The zero-order valence-electron chi connectivity index (χ0n) is 10.5. The molecule has 1 unspecified atom stereocenters. The quantitative estimate of drug-likeness (QED) is 0.473. The Morgan fingerprint density at radius 2 is 2.44 bits per heavy atom. The Morgan fingerprint density at radius 1 is 1.72 bits per heavy atom. The number of hydrogen-bond acceptors (Lipinski definition) is 4. The van der Waals surface area contributed by atoms with E-state index in [4.69, 9.17) is 6.42 Å². The fraction of sp³-hybridized carbons (Fsp3) is 0.417. The SMILES string of the molecule is C#CCNC(=O)C(C)Sc1nnc(C)n1CC=C. The van der Waals surface area contributed by atoms with Gasteiger partial charge in [-0.2, -0.15) is 0 Å². The minimum absolute atomic E-state index is 0.108.